The first-order chi connectivity index (χ1) is 8.21. The fourth-order valence-corrected chi connectivity index (χ4v) is 1.58. The lowest BCUT2D eigenvalue weighted by molar-refractivity contribution is 0.372. The van der Waals surface area contributed by atoms with Gasteiger partial charge in [-0.2, -0.15) is 5.26 Å². The molecule has 0 aromatic heterocycles. The molecule has 0 aliphatic carbocycles. The van der Waals surface area contributed by atoms with Gasteiger partial charge in [0.05, 0.1) is 19.6 Å². The molecule has 0 saturated carbocycles. The van der Waals surface area contributed by atoms with Gasteiger partial charge < -0.3 is 15.2 Å². The van der Waals surface area contributed by atoms with E-state index < -0.39 is 0 Å². The van der Waals surface area contributed by atoms with Crippen molar-refractivity contribution in [1.82, 2.24) is 5.32 Å². The monoisotopic (exact) mass is 234 g/mol. The van der Waals surface area contributed by atoms with E-state index in [1.165, 1.54) is 7.11 Å². The van der Waals surface area contributed by atoms with Crippen molar-refractivity contribution in [2.75, 3.05) is 7.11 Å². The average molecular weight is 234 g/mol. The minimum absolute atomic E-state index is 0.139. The zero-order valence-electron chi connectivity index (χ0n) is 10.2. The Balaban J connectivity index is 2.57. The molecule has 17 heavy (non-hydrogen) atoms. The highest BCUT2D eigenvalue weighted by Gasteiger charge is 2.06. The van der Waals surface area contributed by atoms with Crippen molar-refractivity contribution < 1.29 is 9.84 Å². The maximum absolute atomic E-state index is 9.61. The van der Waals surface area contributed by atoms with Crippen molar-refractivity contribution in [2.24, 2.45) is 0 Å². The smallest absolute Gasteiger partial charge is 0.160 e. The van der Waals surface area contributed by atoms with Gasteiger partial charge in [-0.05, 0) is 24.1 Å². The molecule has 1 aromatic carbocycles. The molecule has 1 aromatic rings. The number of hydrogen-bond acceptors (Lipinski definition) is 4. The molecule has 0 aliphatic heterocycles. The fraction of sp³-hybridized carbons (Fsp3) is 0.462. The Bertz CT molecular complexity index is 399. The molecular formula is C13H18N2O2. The number of nitrogens with one attached hydrogen (secondary N) is 1. The van der Waals surface area contributed by atoms with E-state index in [0.29, 0.717) is 18.7 Å². The van der Waals surface area contributed by atoms with Crippen LogP contribution in [0.4, 0.5) is 0 Å². The summed E-state index contributed by atoms with van der Waals surface area (Å²) in [6, 6.07) is 7.65. The molecule has 0 bridgehead atoms. The van der Waals surface area contributed by atoms with Gasteiger partial charge in [-0.15, -0.1) is 0 Å². The largest absolute Gasteiger partial charge is 0.504 e. The lowest BCUT2D eigenvalue weighted by Gasteiger charge is -2.14. The fourth-order valence-electron chi connectivity index (χ4n) is 1.58. The molecule has 1 atom stereocenters. The highest BCUT2D eigenvalue weighted by molar-refractivity contribution is 5.41. The molecular weight excluding hydrogens is 216 g/mol. The summed E-state index contributed by atoms with van der Waals surface area (Å²) in [5.74, 6) is 0.609. The van der Waals surface area contributed by atoms with E-state index >= 15 is 0 Å². The van der Waals surface area contributed by atoms with Gasteiger partial charge in [0.2, 0.25) is 0 Å². The second-order valence-corrected chi connectivity index (χ2v) is 3.85. The quantitative estimate of drug-likeness (QED) is 0.791. The second-order valence-electron chi connectivity index (χ2n) is 3.85. The minimum Gasteiger partial charge on any atom is -0.504 e. The van der Waals surface area contributed by atoms with Crippen LogP contribution >= 0.6 is 0 Å². The predicted octanol–water partition coefficient (Wildman–Crippen LogP) is 2.18. The maximum Gasteiger partial charge on any atom is 0.160 e. The predicted molar refractivity (Wildman–Crippen MR) is 65.8 cm³/mol. The van der Waals surface area contributed by atoms with E-state index in [1.54, 1.807) is 12.1 Å². The van der Waals surface area contributed by atoms with Crippen molar-refractivity contribution in [3.05, 3.63) is 23.8 Å². The highest BCUT2D eigenvalue weighted by Crippen LogP contribution is 2.26. The number of nitriles is 1. The number of phenols is 1. The molecule has 0 amide bonds. The van der Waals surface area contributed by atoms with Gasteiger partial charge >= 0.3 is 0 Å². The number of methoxy groups -OCH3 is 1. The van der Waals surface area contributed by atoms with Crippen molar-refractivity contribution in [3.63, 3.8) is 0 Å². The lowest BCUT2D eigenvalue weighted by atomic mass is 10.1. The van der Waals surface area contributed by atoms with Crippen LogP contribution in [0, 0.1) is 11.3 Å². The molecule has 2 N–H and O–H groups in total. The molecule has 0 aliphatic rings. The topological polar surface area (TPSA) is 65.3 Å². The number of rotatable bonds is 6. The van der Waals surface area contributed by atoms with Crippen LogP contribution in [0.15, 0.2) is 18.2 Å². The molecule has 4 nitrogen and oxygen atoms in total. The Labute approximate surface area is 102 Å². The Morgan fingerprint density at radius 3 is 2.82 bits per heavy atom. The number of benzene rings is 1. The molecule has 92 valence electrons. The second kappa shape index (κ2) is 6.77. The summed E-state index contributed by atoms with van der Waals surface area (Å²) in [5.41, 5.74) is 0.972. The first kappa shape index (κ1) is 13.3. The summed E-state index contributed by atoms with van der Waals surface area (Å²) < 4.78 is 4.97. The van der Waals surface area contributed by atoms with Crippen LogP contribution in [0.3, 0.4) is 0 Å². The Kier molecular flexibility index (Phi) is 5.31. The highest BCUT2D eigenvalue weighted by atomic mass is 16.5. The molecule has 0 spiro atoms. The van der Waals surface area contributed by atoms with Crippen LogP contribution in [0.2, 0.25) is 0 Å². The van der Waals surface area contributed by atoms with Crippen LogP contribution in [-0.4, -0.2) is 18.3 Å². The van der Waals surface area contributed by atoms with E-state index in [0.717, 1.165) is 12.0 Å². The van der Waals surface area contributed by atoms with Gasteiger partial charge in [-0.25, -0.2) is 0 Å². The Morgan fingerprint density at radius 1 is 1.53 bits per heavy atom. The first-order valence-electron chi connectivity index (χ1n) is 5.67. The number of ether oxygens (including phenoxy) is 1. The van der Waals surface area contributed by atoms with Crippen LogP contribution in [0.5, 0.6) is 11.5 Å². The first-order valence-corrected chi connectivity index (χ1v) is 5.67. The number of hydrogen-bond donors (Lipinski definition) is 2. The molecule has 0 heterocycles. The molecule has 1 rings (SSSR count). The third-order valence-electron chi connectivity index (χ3n) is 2.67. The Hall–Kier alpha value is -1.73. The number of phenolic OH excluding ortho intramolecular Hbond substituents is 1. The van der Waals surface area contributed by atoms with Gasteiger partial charge in [0, 0.05) is 12.6 Å². The van der Waals surface area contributed by atoms with Crippen molar-refractivity contribution >= 4 is 0 Å². The minimum atomic E-state index is 0.139. The van der Waals surface area contributed by atoms with Crippen molar-refractivity contribution in [2.45, 2.75) is 32.4 Å². The van der Waals surface area contributed by atoms with E-state index in [4.69, 9.17) is 10.00 Å². The molecule has 0 fully saturated rings. The van der Waals surface area contributed by atoms with E-state index in [2.05, 4.69) is 11.4 Å². The van der Waals surface area contributed by atoms with Crippen molar-refractivity contribution in [3.8, 4) is 17.6 Å². The van der Waals surface area contributed by atoms with Crippen LogP contribution in [0.25, 0.3) is 0 Å². The maximum atomic E-state index is 9.61. The van der Waals surface area contributed by atoms with Crippen LogP contribution < -0.4 is 10.1 Å². The van der Waals surface area contributed by atoms with Crippen molar-refractivity contribution in [1.29, 1.82) is 5.26 Å². The lowest BCUT2D eigenvalue weighted by Crippen LogP contribution is -2.27. The molecule has 0 saturated heterocycles. The van der Waals surface area contributed by atoms with Gasteiger partial charge in [0.15, 0.2) is 11.5 Å². The van der Waals surface area contributed by atoms with Gasteiger partial charge in [0.1, 0.15) is 0 Å². The molecule has 0 radical (unpaired) electrons. The molecule has 1 unspecified atom stereocenters. The van der Waals surface area contributed by atoms with E-state index in [1.807, 2.05) is 13.0 Å². The van der Waals surface area contributed by atoms with Gasteiger partial charge in [-0.1, -0.05) is 13.0 Å². The van der Waals surface area contributed by atoms with Gasteiger partial charge in [0.25, 0.3) is 0 Å². The standard InChI is InChI=1S/C13H18N2O2/c1-3-11(6-7-14)15-9-10-4-5-13(17-2)12(16)8-10/h4-5,8,11,15-16H,3,6,9H2,1-2H3. The Morgan fingerprint density at radius 2 is 2.29 bits per heavy atom. The summed E-state index contributed by atoms with van der Waals surface area (Å²) >= 11 is 0. The zero-order chi connectivity index (χ0) is 12.7. The summed E-state index contributed by atoms with van der Waals surface area (Å²) in [6.45, 7) is 2.68. The summed E-state index contributed by atoms with van der Waals surface area (Å²) in [4.78, 5) is 0. The summed E-state index contributed by atoms with van der Waals surface area (Å²) in [5, 5.41) is 21.5. The third kappa shape index (κ3) is 3.97. The van der Waals surface area contributed by atoms with Gasteiger partial charge in [-0.3, -0.25) is 0 Å². The molecule has 4 heteroatoms. The average Bonchev–Trinajstić information content (AvgIpc) is 2.34. The summed E-state index contributed by atoms with van der Waals surface area (Å²) in [7, 11) is 1.52. The summed E-state index contributed by atoms with van der Waals surface area (Å²) in [6.07, 6.45) is 1.41. The van der Waals surface area contributed by atoms with E-state index in [9.17, 15) is 5.11 Å². The van der Waals surface area contributed by atoms with Crippen LogP contribution in [-0.2, 0) is 6.54 Å². The van der Waals surface area contributed by atoms with E-state index in [-0.39, 0.29) is 11.8 Å². The SMILES string of the molecule is CCC(CC#N)NCc1ccc(OC)c(O)c1. The number of aromatic hydroxyl groups is 1. The normalized spacial score (nSPS) is 11.8. The number of nitrogens with zero attached hydrogens (tertiary/aromatic N) is 1. The zero-order valence-corrected chi connectivity index (χ0v) is 10.2. The van der Waals surface area contributed by atoms with Crippen LogP contribution in [0.1, 0.15) is 25.3 Å². The third-order valence-corrected chi connectivity index (χ3v) is 2.67.